The normalized spacial score (nSPS) is 28.0. The second-order valence-electron chi connectivity index (χ2n) is 8.03. The summed E-state index contributed by atoms with van der Waals surface area (Å²) in [5, 5.41) is 22.7. The topological polar surface area (TPSA) is 82.2 Å². The van der Waals surface area contributed by atoms with Gasteiger partial charge in [0.25, 0.3) is 5.70 Å². The highest BCUT2D eigenvalue weighted by Gasteiger charge is 2.34. The van der Waals surface area contributed by atoms with Crippen molar-refractivity contribution in [1.29, 1.82) is 0 Å². The van der Waals surface area contributed by atoms with Crippen LogP contribution in [0, 0.1) is 16.0 Å². The lowest BCUT2D eigenvalue weighted by molar-refractivity contribution is -0.427. The summed E-state index contributed by atoms with van der Waals surface area (Å²) < 4.78 is 8.17. The van der Waals surface area contributed by atoms with Gasteiger partial charge >= 0.3 is 0 Å². The molecule has 0 aromatic rings. The Morgan fingerprint density at radius 3 is 2.71 bits per heavy atom. The fraction of sp³-hybridized carbons (Fsp3) is 0.650. The molecule has 0 bridgehead atoms. The smallest absolute Gasteiger partial charge is 0.264 e. The van der Waals surface area contributed by atoms with E-state index in [1.54, 1.807) is 13.0 Å². The predicted molar refractivity (Wildman–Crippen MR) is 112 cm³/mol. The third-order valence-electron chi connectivity index (χ3n) is 5.93. The summed E-state index contributed by atoms with van der Waals surface area (Å²) in [7, 11) is 0. The number of hydrogen-bond acceptors (Lipinski definition) is 7. The molecule has 1 saturated heterocycles. The number of aliphatic hydroxyl groups is 1. The molecule has 0 aromatic heterocycles. The predicted octanol–water partition coefficient (Wildman–Crippen LogP) is 3.90. The van der Waals surface area contributed by atoms with Crippen LogP contribution in [0.2, 0.25) is 0 Å². The van der Waals surface area contributed by atoms with Crippen LogP contribution in [0.1, 0.15) is 46.8 Å². The van der Waals surface area contributed by atoms with E-state index in [0.29, 0.717) is 21.2 Å². The highest BCUT2D eigenvalue weighted by molar-refractivity contribution is 8.17. The Bertz CT molecular complexity index is 809. The Kier molecular flexibility index (Phi) is 5.40. The molecule has 0 radical (unpaired) electrons. The molecule has 1 saturated carbocycles. The average Bonchev–Trinajstić information content (AvgIpc) is 2.70. The number of piperazine rings is 1. The van der Waals surface area contributed by atoms with Gasteiger partial charge in [-0.15, -0.1) is 0 Å². The molecule has 152 valence electrons. The number of hydrogen-bond donors (Lipinski definition) is 1. The first-order chi connectivity index (χ1) is 13.9. The Balaban J connectivity index is 1.46. The quantitative estimate of drug-likeness (QED) is 0.566. The zero-order chi connectivity index (χ0) is 20.5. The lowest BCUT2D eigenvalue weighted by atomic mass is 9.89. The van der Waals surface area contributed by atoms with Crippen molar-refractivity contribution in [2.24, 2.45) is 10.9 Å². The molecule has 7 nitrogen and oxygen atoms in total. The van der Waals surface area contributed by atoms with Crippen molar-refractivity contribution in [1.82, 2.24) is 9.80 Å². The van der Waals surface area contributed by atoms with Crippen molar-refractivity contribution in [2.75, 3.05) is 32.7 Å². The van der Waals surface area contributed by atoms with E-state index >= 15 is 0 Å². The number of aliphatic hydroxyl groups excluding tert-OH is 1. The second-order valence-corrected chi connectivity index (χ2v) is 9.01. The molecule has 2 aliphatic heterocycles. The molecule has 8 heteroatoms. The van der Waals surface area contributed by atoms with Gasteiger partial charge in [0.2, 0.25) is 5.88 Å². The first kappa shape index (κ1) is 18.2. The van der Waals surface area contributed by atoms with Crippen LogP contribution in [0.25, 0.3) is 0 Å². The number of nitro groups is 1. The summed E-state index contributed by atoms with van der Waals surface area (Å²) in [4.78, 5) is 20.4. The molecule has 1 unspecified atom stereocenters. The average molecular weight is 406 g/mol. The molecular weight excluding hydrogens is 376 g/mol. The van der Waals surface area contributed by atoms with E-state index in [4.69, 9.17) is 1.37 Å². The van der Waals surface area contributed by atoms with Gasteiger partial charge in [-0.05, 0) is 43.5 Å². The van der Waals surface area contributed by atoms with Gasteiger partial charge in [0, 0.05) is 34.1 Å². The molecule has 1 N–H and O–H groups in total. The van der Waals surface area contributed by atoms with E-state index in [9.17, 15) is 15.2 Å². The van der Waals surface area contributed by atoms with Crippen molar-refractivity contribution in [3.05, 3.63) is 43.8 Å². The lowest BCUT2D eigenvalue weighted by Gasteiger charge is -2.39. The standard InChI is InChI=1S/C20H28N4O3S/c1-14-11-16-18(17(12-14)24(26)27)28-20(21-19(16)25)23-9-7-22(8-10-23)13-15-5-3-2-4-6-15/h11,15,25H,2-10,12-13H2,1H3/i12D. The van der Waals surface area contributed by atoms with Gasteiger partial charge in [0.15, 0.2) is 5.17 Å². The summed E-state index contributed by atoms with van der Waals surface area (Å²) >= 11 is 1.22. The monoisotopic (exact) mass is 405 g/mol. The summed E-state index contributed by atoms with van der Waals surface area (Å²) in [6.07, 6.45) is 7.37. The van der Waals surface area contributed by atoms with Gasteiger partial charge < -0.3 is 10.0 Å². The fourth-order valence-corrected chi connectivity index (χ4v) is 5.54. The number of amidine groups is 1. The maximum absolute atomic E-state index is 11.6. The molecule has 28 heavy (non-hydrogen) atoms. The first-order valence-electron chi connectivity index (χ1n) is 10.7. The highest BCUT2D eigenvalue weighted by atomic mass is 32.2. The zero-order valence-corrected chi connectivity index (χ0v) is 17.1. The Morgan fingerprint density at radius 1 is 1.32 bits per heavy atom. The summed E-state index contributed by atoms with van der Waals surface area (Å²) in [5.74, 6) is 0.620. The van der Waals surface area contributed by atoms with Gasteiger partial charge in [-0.2, -0.15) is 4.99 Å². The minimum absolute atomic E-state index is 0.167. The Hall–Kier alpha value is -1.80. The van der Waals surface area contributed by atoms with E-state index in [-0.39, 0.29) is 11.6 Å². The molecule has 2 heterocycles. The summed E-state index contributed by atoms with van der Waals surface area (Å²) in [6, 6.07) is 0. The molecule has 2 fully saturated rings. The van der Waals surface area contributed by atoms with Crippen molar-refractivity contribution in [2.45, 2.75) is 45.4 Å². The van der Waals surface area contributed by atoms with Crippen LogP contribution >= 0.6 is 11.8 Å². The van der Waals surface area contributed by atoms with E-state index in [1.807, 2.05) is 0 Å². The molecule has 4 rings (SSSR count). The van der Waals surface area contributed by atoms with E-state index < -0.39 is 11.3 Å². The van der Waals surface area contributed by atoms with Gasteiger partial charge in [-0.3, -0.25) is 15.0 Å². The van der Waals surface area contributed by atoms with E-state index in [2.05, 4.69) is 14.8 Å². The van der Waals surface area contributed by atoms with Crippen LogP contribution in [0.15, 0.2) is 38.7 Å². The molecule has 0 amide bonds. The molecule has 0 spiro atoms. The van der Waals surface area contributed by atoms with E-state index in [0.717, 1.165) is 38.6 Å². The zero-order valence-electron chi connectivity index (χ0n) is 17.3. The number of allylic oxidation sites excluding steroid dienone is 3. The van der Waals surface area contributed by atoms with Crippen molar-refractivity contribution in [3.8, 4) is 0 Å². The Labute approximate surface area is 171 Å². The number of fused-ring (bicyclic) bond motifs is 1. The molecule has 1 atom stereocenters. The van der Waals surface area contributed by atoms with Crippen molar-refractivity contribution >= 4 is 16.9 Å². The van der Waals surface area contributed by atoms with Crippen LogP contribution in [-0.4, -0.2) is 57.7 Å². The summed E-state index contributed by atoms with van der Waals surface area (Å²) in [5.41, 5.74) is 0.736. The molecular formula is C20H28N4O3S. The van der Waals surface area contributed by atoms with E-state index in [1.165, 1.54) is 43.9 Å². The first-order valence-corrected chi connectivity index (χ1v) is 10.9. The van der Waals surface area contributed by atoms with Gasteiger partial charge in [-0.1, -0.05) is 24.8 Å². The number of thioether (sulfide) groups is 1. The lowest BCUT2D eigenvalue weighted by Crippen LogP contribution is -2.49. The third-order valence-corrected chi connectivity index (χ3v) is 7.10. The minimum atomic E-state index is -1.02. The van der Waals surface area contributed by atoms with Crippen LogP contribution in [0.4, 0.5) is 0 Å². The van der Waals surface area contributed by atoms with Crippen LogP contribution < -0.4 is 0 Å². The maximum Gasteiger partial charge on any atom is 0.264 e. The van der Waals surface area contributed by atoms with Crippen molar-refractivity contribution < 1.29 is 11.4 Å². The molecule has 4 aliphatic rings. The summed E-state index contributed by atoms with van der Waals surface area (Å²) in [6.45, 7) is 6.30. The third kappa shape index (κ3) is 4.12. The van der Waals surface area contributed by atoms with Crippen LogP contribution in [0.5, 0.6) is 0 Å². The minimum Gasteiger partial charge on any atom is -0.493 e. The molecule has 0 aromatic carbocycles. The largest absolute Gasteiger partial charge is 0.493 e. The SMILES string of the molecule is [2H]C1C(C)=CC2=C(O)N=C(N3CCN(CC4CCCCC4)CC3)SC2=C1[N+](=O)[O-]. The van der Waals surface area contributed by atoms with Crippen molar-refractivity contribution in [3.63, 3.8) is 0 Å². The second kappa shape index (κ2) is 8.29. The maximum atomic E-state index is 11.6. The number of rotatable bonds is 3. The van der Waals surface area contributed by atoms with Gasteiger partial charge in [0.1, 0.15) is 4.91 Å². The molecule has 2 aliphatic carbocycles. The van der Waals surface area contributed by atoms with Crippen LogP contribution in [0.3, 0.4) is 0 Å². The van der Waals surface area contributed by atoms with Gasteiger partial charge in [-0.25, -0.2) is 0 Å². The highest BCUT2D eigenvalue weighted by Crippen LogP contribution is 2.42. The fourth-order valence-electron chi connectivity index (χ4n) is 4.42. The number of nitrogens with zero attached hydrogens (tertiary/aromatic N) is 4. The number of aliphatic imine (C=N–C) groups is 1. The van der Waals surface area contributed by atoms with Crippen LogP contribution in [-0.2, 0) is 0 Å². The van der Waals surface area contributed by atoms with Gasteiger partial charge in [0.05, 0.1) is 16.9 Å². The Morgan fingerprint density at radius 2 is 2.04 bits per heavy atom.